The smallest absolute Gasteiger partial charge is 0.306 e. The van der Waals surface area contributed by atoms with Gasteiger partial charge in [0.15, 0.2) is 9.84 Å². The number of ether oxygens (including phenoxy) is 1. The number of esters is 1. The third-order valence-corrected chi connectivity index (χ3v) is 8.76. The summed E-state index contributed by atoms with van der Waals surface area (Å²) >= 11 is 0. The number of amides is 1. The van der Waals surface area contributed by atoms with Crippen molar-refractivity contribution in [2.24, 2.45) is 5.92 Å². The molecule has 0 spiro atoms. The second-order valence-corrected chi connectivity index (χ2v) is 11.5. The fourth-order valence-electron chi connectivity index (χ4n) is 4.92. The molecule has 0 aromatic heterocycles. The molecular formula is C30H30N2O5S. The van der Waals surface area contributed by atoms with E-state index in [2.05, 4.69) is 6.07 Å². The molecule has 0 saturated carbocycles. The van der Waals surface area contributed by atoms with Gasteiger partial charge < -0.3 is 9.64 Å². The highest BCUT2D eigenvalue weighted by Crippen LogP contribution is 2.31. The van der Waals surface area contributed by atoms with Gasteiger partial charge in [0, 0.05) is 12.6 Å². The zero-order valence-corrected chi connectivity index (χ0v) is 22.1. The topological polar surface area (TPSA) is 105 Å². The fraction of sp³-hybridized carbons (Fsp3) is 0.300. The Hall–Kier alpha value is -3.96. The average Bonchev–Trinajstić information content (AvgIpc) is 3.22. The summed E-state index contributed by atoms with van der Waals surface area (Å²) in [6.07, 6.45) is 1.70. The van der Waals surface area contributed by atoms with E-state index in [1.807, 2.05) is 42.5 Å². The van der Waals surface area contributed by atoms with Gasteiger partial charge in [-0.15, -0.1) is 0 Å². The van der Waals surface area contributed by atoms with Crippen molar-refractivity contribution in [3.8, 4) is 17.2 Å². The van der Waals surface area contributed by atoms with E-state index in [4.69, 9.17) is 10.00 Å². The van der Waals surface area contributed by atoms with Crippen molar-refractivity contribution < 1.29 is 22.7 Å². The lowest BCUT2D eigenvalue weighted by Gasteiger charge is -2.25. The van der Waals surface area contributed by atoms with Crippen molar-refractivity contribution in [3.63, 3.8) is 0 Å². The quantitative estimate of drug-likeness (QED) is 0.360. The zero-order valence-electron chi connectivity index (χ0n) is 21.2. The molecule has 7 nitrogen and oxygen atoms in total. The molecule has 3 aromatic carbocycles. The molecule has 196 valence electrons. The van der Waals surface area contributed by atoms with Gasteiger partial charge in [0.2, 0.25) is 5.91 Å². The first-order valence-electron chi connectivity index (χ1n) is 12.6. The van der Waals surface area contributed by atoms with E-state index < -0.39 is 27.8 Å². The molecule has 4 rings (SSSR count). The number of rotatable bonds is 10. The first-order valence-corrected chi connectivity index (χ1v) is 14.2. The Balaban J connectivity index is 1.48. The average molecular weight is 531 g/mol. The lowest BCUT2D eigenvalue weighted by Crippen LogP contribution is -2.39. The highest BCUT2D eigenvalue weighted by atomic mass is 32.2. The molecule has 0 aliphatic carbocycles. The summed E-state index contributed by atoms with van der Waals surface area (Å²) in [5.74, 6) is -1.47. The van der Waals surface area contributed by atoms with Crippen LogP contribution in [0.4, 0.5) is 0 Å². The Bertz CT molecular complexity index is 1410. The largest absolute Gasteiger partial charge is 0.469 e. The molecule has 1 amide bonds. The molecule has 1 saturated heterocycles. The van der Waals surface area contributed by atoms with E-state index in [0.717, 1.165) is 23.1 Å². The van der Waals surface area contributed by atoms with Crippen LogP contribution in [0.3, 0.4) is 0 Å². The number of likely N-dealkylation sites (tertiary alicyclic amines) is 1. The van der Waals surface area contributed by atoms with Gasteiger partial charge in [0.25, 0.3) is 0 Å². The molecule has 2 atom stereocenters. The minimum atomic E-state index is -3.70. The second-order valence-electron chi connectivity index (χ2n) is 9.48. The maximum absolute atomic E-state index is 13.4. The summed E-state index contributed by atoms with van der Waals surface area (Å²) in [4.78, 5) is 26.9. The summed E-state index contributed by atoms with van der Waals surface area (Å²) in [6.45, 7) is 0.420. The third-order valence-electron chi connectivity index (χ3n) is 6.95. The Morgan fingerprint density at radius 3 is 2.24 bits per heavy atom. The van der Waals surface area contributed by atoms with Crippen LogP contribution in [0.2, 0.25) is 0 Å². The van der Waals surface area contributed by atoms with Gasteiger partial charge in [-0.1, -0.05) is 54.6 Å². The van der Waals surface area contributed by atoms with Crippen molar-refractivity contribution in [1.29, 1.82) is 5.26 Å². The standard InChI is InChI=1S/C30H30N2O5S/c1-37-29(33)19-26-18-27(32(30(26)34)17-5-8-22-6-3-2-4-7-22)21-38(35,36)28-15-13-25(14-16-28)24-11-9-23(20-31)10-12-24/h2-4,6-7,9-16,26-27H,5,8,17-19,21H2,1H3/t26-,27-/m0/s1. The molecule has 38 heavy (non-hydrogen) atoms. The molecule has 0 bridgehead atoms. The van der Waals surface area contributed by atoms with Crippen molar-refractivity contribution in [2.45, 2.75) is 36.6 Å². The number of nitrogens with zero attached hydrogens (tertiary/aromatic N) is 2. The van der Waals surface area contributed by atoms with Crippen LogP contribution >= 0.6 is 0 Å². The number of aryl methyl sites for hydroxylation is 1. The van der Waals surface area contributed by atoms with E-state index in [1.165, 1.54) is 7.11 Å². The number of carbonyl (C=O) groups excluding carboxylic acids is 2. The number of nitriles is 1. The zero-order chi connectivity index (χ0) is 27.1. The second kappa shape index (κ2) is 12.1. The Morgan fingerprint density at radius 2 is 1.63 bits per heavy atom. The van der Waals surface area contributed by atoms with E-state index >= 15 is 0 Å². The predicted octanol–water partition coefficient (Wildman–Crippen LogP) is 4.41. The van der Waals surface area contributed by atoms with E-state index in [0.29, 0.717) is 24.9 Å². The molecule has 0 unspecified atom stereocenters. The lowest BCUT2D eigenvalue weighted by atomic mass is 10.0. The van der Waals surface area contributed by atoms with Gasteiger partial charge in [0.05, 0.1) is 41.7 Å². The minimum absolute atomic E-state index is 0.0552. The summed E-state index contributed by atoms with van der Waals surface area (Å²) < 4.78 is 31.5. The maximum atomic E-state index is 13.4. The van der Waals surface area contributed by atoms with Crippen LogP contribution < -0.4 is 0 Å². The molecule has 0 radical (unpaired) electrons. The molecule has 1 heterocycles. The minimum Gasteiger partial charge on any atom is -0.469 e. The maximum Gasteiger partial charge on any atom is 0.306 e. The van der Waals surface area contributed by atoms with Crippen LogP contribution in [0.1, 0.15) is 30.4 Å². The van der Waals surface area contributed by atoms with Crippen LogP contribution in [0.5, 0.6) is 0 Å². The normalized spacial score (nSPS) is 17.3. The molecule has 8 heteroatoms. The van der Waals surface area contributed by atoms with E-state index in [1.54, 1.807) is 41.3 Å². The van der Waals surface area contributed by atoms with Crippen LogP contribution in [0.15, 0.2) is 83.8 Å². The first-order chi connectivity index (χ1) is 18.3. The van der Waals surface area contributed by atoms with Gasteiger partial charge in [-0.3, -0.25) is 9.59 Å². The van der Waals surface area contributed by atoms with Gasteiger partial charge in [-0.2, -0.15) is 5.26 Å². The molecule has 3 aromatic rings. The fourth-order valence-corrected chi connectivity index (χ4v) is 6.48. The number of hydrogen-bond donors (Lipinski definition) is 0. The molecule has 1 aliphatic heterocycles. The monoisotopic (exact) mass is 530 g/mol. The third kappa shape index (κ3) is 6.48. The highest BCUT2D eigenvalue weighted by molar-refractivity contribution is 7.91. The number of hydrogen-bond acceptors (Lipinski definition) is 6. The van der Waals surface area contributed by atoms with Crippen LogP contribution in [0, 0.1) is 17.2 Å². The summed E-state index contributed by atoms with van der Waals surface area (Å²) in [5.41, 5.74) is 3.42. The van der Waals surface area contributed by atoms with Gasteiger partial charge >= 0.3 is 5.97 Å². The number of sulfone groups is 1. The Morgan fingerprint density at radius 1 is 1.00 bits per heavy atom. The van der Waals surface area contributed by atoms with Crippen molar-refractivity contribution in [3.05, 3.63) is 90.0 Å². The van der Waals surface area contributed by atoms with E-state index in [-0.39, 0.29) is 23.0 Å². The van der Waals surface area contributed by atoms with E-state index in [9.17, 15) is 18.0 Å². The summed E-state index contributed by atoms with van der Waals surface area (Å²) in [7, 11) is -2.42. The molecular weight excluding hydrogens is 500 g/mol. The predicted molar refractivity (Wildman–Crippen MR) is 144 cm³/mol. The first kappa shape index (κ1) is 27.1. The summed E-state index contributed by atoms with van der Waals surface area (Å²) in [6, 6.07) is 25.2. The van der Waals surface area contributed by atoms with Gasteiger partial charge in [-0.05, 0) is 60.2 Å². The van der Waals surface area contributed by atoms with Crippen LogP contribution in [0.25, 0.3) is 11.1 Å². The highest BCUT2D eigenvalue weighted by Gasteiger charge is 2.42. The number of carbonyl (C=O) groups is 2. The molecule has 1 fully saturated rings. The molecule has 1 aliphatic rings. The number of methoxy groups -OCH3 is 1. The summed E-state index contributed by atoms with van der Waals surface area (Å²) in [5, 5.41) is 8.98. The Labute approximate surface area is 223 Å². The number of benzene rings is 3. The SMILES string of the molecule is COC(=O)C[C@@H]1C[C@@H](CS(=O)(=O)c2ccc(-c3ccc(C#N)cc3)cc2)N(CCCc2ccccc2)C1=O. The van der Waals surface area contributed by atoms with Crippen molar-refractivity contribution in [2.75, 3.05) is 19.4 Å². The van der Waals surface area contributed by atoms with Gasteiger partial charge in [0.1, 0.15) is 0 Å². The lowest BCUT2D eigenvalue weighted by molar-refractivity contribution is -0.144. The van der Waals surface area contributed by atoms with Crippen molar-refractivity contribution in [1.82, 2.24) is 4.90 Å². The van der Waals surface area contributed by atoms with Gasteiger partial charge in [-0.25, -0.2) is 8.42 Å². The Kier molecular flexibility index (Phi) is 8.59. The van der Waals surface area contributed by atoms with Crippen molar-refractivity contribution >= 4 is 21.7 Å². The van der Waals surface area contributed by atoms with Crippen LogP contribution in [-0.4, -0.2) is 50.6 Å². The molecule has 0 N–H and O–H groups in total. The van der Waals surface area contributed by atoms with Crippen LogP contribution in [-0.2, 0) is 30.6 Å².